The van der Waals surface area contributed by atoms with Crippen LogP contribution in [-0.2, 0) is 0 Å². The maximum Gasteiger partial charge on any atom is 0.101 e. The Morgan fingerprint density at radius 3 is 0.795 bits per heavy atom. The molecule has 0 N–H and O–H groups in total. The molecule has 0 fully saturated rings. The second kappa shape index (κ2) is 33.7. The van der Waals surface area contributed by atoms with Crippen LogP contribution < -0.4 is 0 Å². The van der Waals surface area contributed by atoms with E-state index in [1.54, 1.807) is 0 Å². The van der Waals surface area contributed by atoms with Crippen molar-refractivity contribution in [3.8, 4) is 0 Å². The highest BCUT2D eigenvalue weighted by atomic mass is 15.4. The van der Waals surface area contributed by atoms with E-state index >= 15 is 0 Å². The van der Waals surface area contributed by atoms with Crippen molar-refractivity contribution in [3.63, 3.8) is 0 Å². The first-order valence-electron chi connectivity index (χ1n) is 21.0. The van der Waals surface area contributed by atoms with Gasteiger partial charge in [0.25, 0.3) is 0 Å². The fourth-order valence-electron chi connectivity index (χ4n) is 7.25. The van der Waals surface area contributed by atoms with Gasteiger partial charge in [-0.05, 0) is 25.7 Å². The number of hydrogen-bond acceptors (Lipinski definition) is 2. The van der Waals surface area contributed by atoms with Crippen molar-refractivity contribution in [1.29, 1.82) is 0 Å². The minimum absolute atomic E-state index is 0.639. The summed E-state index contributed by atoms with van der Waals surface area (Å²) >= 11 is 0. The van der Waals surface area contributed by atoms with Crippen LogP contribution in [-0.4, -0.2) is 29.1 Å². The van der Waals surface area contributed by atoms with Gasteiger partial charge >= 0.3 is 0 Å². The molecule has 0 saturated heterocycles. The Balaban J connectivity index is 2.18. The average molecular weight is 617 g/mol. The fraction of sp³-hybridized carbons (Fsp3) is 0.952. The van der Waals surface area contributed by atoms with Gasteiger partial charge in [-0.25, -0.2) is 0 Å². The van der Waals surface area contributed by atoms with E-state index < -0.39 is 0 Å². The van der Waals surface area contributed by atoms with Gasteiger partial charge in [0, 0.05) is 25.5 Å². The number of rotatable bonds is 36. The van der Waals surface area contributed by atoms with Crippen molar-refractivity contribution in [3.05, 3.63) is 12.4 Å². The van der Waals surface area contributed by atoms with Crippen molar-refractivity contribution in [2.24, 2.45) is 0 Å². The summed E-state index contributed by atoms with van der Waals surface area (Å²) in [4.78, 5) is 5.44. The molecule has 262 valence electrons. The molecule has 0 bridgehead atoms. The van der Waals surface area contributed by atoms with Gasteiger partial charge in [0.1, 0.15) is 6.17 Å². The van der Waals surface area contributed by atoms with Crippen LogP contribution in [0.2, 0.25) is 0 Å². The van der Waals surface area contributed by atoms with E-state index in [1.807, 2.05) is 0 Å². The van der Waals surface area contributed by atoms with Crippen LogP contribution in [0.4, 0.5) is 0 Å². The third kappa shape index (κ3) is 25.5. The topological polar surface area (TPSA) is 6.48 Å². The van der Waals surface area contributed by atoms with Crippen LogP contribution >= 0.6 is 0 Å². The average Bonchev–Trinajstić information content (AvgIpc) is 3.42. The Labute approximate surface area is 280 Å². The van der Waals surface area contributed by atoms with Gasteiger partial charge in [-0.1, -0.05) is 213 Å². The lowest BCUT2D eigenvalue weighted by Gasteiger charge is -2.33. The molecular weight excluding hydrogens is 532 g/mol. The number of nitrogens with zero attached hydrogens (tertiary/aromatic N) is 2. The molecule has 1 unspecified atom stereocenters. The molecule has 44 heavy (non-hydrogen) atoms. The van der Waals surface area contributed by atoms with Crippen LogP contribution in [0, 0.1) is 0 Å². The highest BCUT2D eigenvalue weighted by Crippen LogP contribution is 2.24. The summed E-state index contributed by atoms with van der Waals surface area (Å²) in [5.41, 5.74) is 0. The Kier molecular flexibility index (Phi) is 31.7. The molecule has 1 atom stereocenters. The molecule has 0 aromatic carbocycles. The third-order valence-corrected chi connectivity index (χ3v) is 10.3. The molecular formula is C42H84N2. The standard InChI is InChI=1S/C42H84N2/c1-4-7-10-13-16-19-21-22-23-24-25-27-30-33-36-39-44-41-40-43(38-35-32-29-18-15-12-9-6-3)42(44)37-34-31-28-26-20-17-14-11-8-5-2/h40-42H,4-39H2,1-3H3. The van der Waals surface area contributed by atoms with Gasteiger partial charge in [-0.2, -0.15) is 0 Å². The Morgan fingerprint density at radius 1 is 0.295 bits per heavy atom. The second-order valence-corrected chi connectivity index (χ2v) is 14.6. The lowest BCUT2D eigenvalue weighted by molar-refractivity contribution is 0.135. The summed E-state index contributed by atoms with van der Waals surface area (Å²) in [7, 11) is 0. The molecule has 1 rings (SSSR count). The first kappa shape index (κ1) is 41.4. The summed E-state index contributed by atoms with van der Waals surface area (Å²) in [6, 6.07) is 0. The van der Waals surface area contributed by atoms with Crippen molar-refractivity contribution in [1.82, 2.24) is 9.80 Å². The van der Waals surface area contributed by atoms with E-state index in [-0.39, 0.29) is 0 Å². The van der Waals surface area contributed by atoms with Gasteiger partial charge in [-0.15, -0.1) is 0 Å². The van der Waals surface area contributed by atoms with Crippen molar-refractivity contribution in [2.45, 2.75) is 245 Å². The largest absolute Gasteiger partial charge is 0.356 e. The molecule has 0 aromatic heterocycles. The quantitative estimate of drug-likeness (QED) is 0.0646. The predicted octanol–water partition coefficient (Wildman–Crippen LogP) is 14.7. The Bertz CT molecular complexity index is 572. The number of hydrogen-bond donors (Lipinski definition) is 0. The van der Waals surface area contributed by atoms with Gasteiger partial charge < -0.3 is 9.80 Å². The van der Waals surface area contributed by atoms with Gasteiger partial charge in [0.15, 0.2) is 0 Å². The molecule has 0 radical (unpaired) electrons. The summed E-state index contributed by atoms with van der Waals surface area (Å²) in [6.07, 6.45) is 54.4. The SMILES string of the molecule is CCCCCCCCCCCCCCCCCN1C=CN(CCCCCCCCCC)C1CCCCCCCCCCCC. The zero-order valence-corrected chi connectivity index (χ0v) is 31.1. The van der Waals surface area contributed by atoms with Crippen molar-refractivity contribution < 1.29 is 0 Å². The molecule has 0 amide bonds. The highest BCUT2D eigenvalue weighted by Gasteiger charge is 2.24. The summed E-state index contributed by atoms with van der Waals surface area (Å²) < 4.78 is 0. The van der Waals surface area contributed by atoms with E-state index in [1.165, 1.54) is 231 Å². The second-order valence-electron chi connectivity index (χ2n) is 14.6. The third-order valence-electron chi connectivity index (χ3n) is 10.3. The van der Waals surface area contributed by atoms with E-state index in [9.17, 15) is 0 Å². The maximum atomic E-state index is 2.72. The molecule has 1 aliphatic heterocycles. The molecule has 1 aliphatic rings. The Morgan fingerprint density at radius 2 is 0.523 bits per heavy atom. The first-order valence-corrected chi connectivity index (χ1v) is 21.0. The fourth-order valence-corrected chi connectivity index (χ4v) is 7.25. The molecule has 1 heterocycles. The lowest BCUT2D eigenvalue weighted by atomic mass is 10.0. The zero-order chi connectivity index (χ0) is 31.6. The molecule has 0 aliphatic carbocycles. The molecule has 2 heteroatoms. The normalized spacial score (nSPS) is 14.8. The Hall–Kier alpha value is -0.660. The smallest absolute Gasteiger partial charge is 0.101 e. The lowest BCUT2D eigenvalue weighted by Crippen LogP contribution is -2.39. The summed E-state index contributed by atoms with van der Waals surface area (Å²) in [6.45, 7) is 9.48. The van der Waals surface area contributed by atoms with Crippen LogP contribution in [0.15, 0.2) is 12.4 Å². The van der Waals surface area contributed by atoms with Gasteiger partial charge in [0.05, 0.1) is 0 Å². The maximum absolute atomic E-state index is 2.72. The minimum atomic E-state index is 0.639. The molecule has 2 nitrogen and oxygen atoms in total. The highest BCUT2D eigenvalue weighted by molar-refractivity contribution is 4.97. The van der Waals surface area contributed by atoms with Crippen LogP contribution in [0.3, 0.4) is 0 Å². The van der Waals surface area contributed by atoms with E-state index in [0.717, 1.165) is 0 Å². The summed E-state index contributed by atoms with van der Waals surface area (Å²) in [5, 5.41) is 0. The summed E-state index contributed by atoms with van der Waals surface area (Å²) in [5.74, 6) is 0. The zero-order valence-electron chi connectivity index (χ0n) is 31.1. The monoisotopic (exact) mass is 617 g/mol. The van der Waals surface area contributed by atoms with Crippen molar-refractivity contribution >= 4 is 0 Å². The number of unbranched alkanes of at least 4 members (excludes halogenated alkanes) is 30. The van der Waals surface area contributed by atoms with E-state index in [0.29, 0.717) is 6.17 Å². The molecule has 0 spiro atoms. The predicted molar refractivity (Wildman–Crippen MR) is 200 cm³/mol. The van der Waals surface area contributed by atoms with Crippen LogP contribution in [0.1, 0.15) is 239 Å². The van der Waals surface area contributed by atoms with Crippen LogP contribution in [0.5, 0.6) is 0 Å². The molecule has 0 aromatic rings. The minimum Gasteiger partial charge on any atom is -0.356 e. The van der Waals surface area contributed by atoms with Crippen LogP contribution in [0.25, 0.3) is 0 Å². The van der Waals surface area contributed by atoms with E-state index in [2.05, 4.69) is 43.0 Å². The molecule has 0 saturated carbocycles. The van der Waals surface area contributed by atoms with Gasteiger partial charge in [0.2, 0.25) is 0 Å². The van der Waals surface area contributed by atoms with Crippen molar-refractivity contribution in [2.75, 3.05) is 13.1 Å². The first-order chi connectivity index (χ1) is 21.8. The van der Waals surface area contributed by atoms with Gasteiger partial charge in [-0.3, -0.25) is 0 Å². The van der Waals surface area contributed by atoms with E-state index in [4.69, 9.17) is 0 Å².